The molecule has 1 saturated heterocycles. The predicted molar refractivity (Wildman–Crippen MR) is 64.2 cm³/mol. The van der Waals surface area contributed by atoms with Gasteiger partial charge in [-0.15, -0.1) is 0 Å². The Labute approximate surface area is 100 Å². The average molecular weight is 232 g/mol. The summed E-state index contributed by atoms with van der Waals surface area (Å²) in [6.45, 7) is 4.06. The number of urea groups is 1. The van der Waals surface area contributed by atoms with E-state index in [9.17, 15) is 9.59 Å². The number of imide groups is 1. The van der Waals surface area contributed by atoms with Crippen molar-refractivity contribution in [2.24, 2.45) is 5.92 Å². The maximum Gasteiger partial charge on any atom is 0.322 e. The van der Waals surface area contributed by atoms with Gasteiger partial charge in [0.05, 0.1) is 0 Å². The molecule has 1 aliphatic heterocycles. The van der Waals surface area contributed by atoms with Gasteiger partial charge >= 0.3 is 6.03 Å². The summed E-state index contributed by atoms with van der Waals surface area (Å²) in [6, 6.07) is 8.95. The normalized spacial score (nSPS) is 23.7. The van der Waals surface area contributed by atoms with E-state index in [0.717, 1.165) is 5.56 Å². The van der Waals surface area contributed by atoms with E-state index in [0.29, 0.717) is 12.3 Å². The first kappa shape index (κ1) is 11.6. The van der Waals surface area contributed by atoms with Crippen molar-refractivity contribution in [2.45, 2.75) is 25.8 Å². The van der Waals surface area contributed by atoms with Crippen LogP contribution in [0.4, 0.5) is 4.79 Å². The van der Waals surface area contributed by atoms with Gasteiger partial charge in [0.15, 0.2) is 0 Å². The first-order valence-electron chi connectivity index (χ1n) is 5.74. The number of nitrogens with one attached hydrogen (secondary N) is 2. The van der Waals surface area contributed by atoms with Crippen molar-refractivity contribution in [3.05, 3.63) is 35.9 Å². The summed E-state index contributed by atoms with van der Waals surface area (Å²) < 4.78 is 0. The van der Waals surface area contributed by atoms with Crippen molar-refractivity contribution in [1.29, 1.82) is 0 Å². The Morgan fingerprint density at radius 1 is 1.18 bits per heavy atom. The molecule has 3 amide bonds. The summed E-state index contributed by atoms with van der Waals surface area (Å²) >= 11 is 0. The highest BCUT2D eigenvalue weighted by molar-refractivity contribution is 6.07. The largest absolute Gasteiger partial charge is 0.322 e. The first-order chi connectivity index (χ1) is 8.04. The van der Waals surface area contributed by atoms with Crippen LogP contribution in [0, 0.1) is 5.92 Å². The Balaban J connectivity index is 2.45. The predicted octanol–water partition coefficient (Wildman–Crippen LogP) is 1.77. The fraction of sp³-hybridized carbons (Fsp3) is 0.385. The summed E-state index contributed by atoms with van der Waals surface area (Å²) in [5.41, 5.74) is -0.0796. The average Bonchev–Trinajstić information content (AvgIpc) is 2.55. The maximum atomic E-state index is 12.0. The highest BCUT2D eigenvalue weighted by Gasteiger charge is 2.47. The second-order valence-corrected chi connectivity index (χ2v) is 4.78. The van der Waals surface area contributed by atoms with Crippen LogP contribution in [0.5, 0.6) is 0 Å². The van der Waals surface area contributed by atoms with E-state index < -0.39 is 11.6 Å². The van der Waals surface area contributed by atoms with E-state index in [-0.39, 0.29) is 5.91 Å². The molecule has 1 aromatic rings. The van der Waals surface area contributed by atoms with Crippen LogP contribution in [-0.2, 0) is 10.3 Å². The number of amides is 3. The van der Waals surface area contributed by atoms with Gasteiger partial charge in [-0.25, -0.2) is 4.79 Å². The third kappa shape index (κ3) is 2.02. The summed E-state index contributed by atoms with van der Waals surface area (Å²) in [5.74, 6) is 0.0433. The molecule has 0 aromatic heterocycles. The molecule has 0 radical (unpaired) electrons. The number of hydrogen-bond acceptors (Lipinski definition) is 2. The number of benzene rings is 1. The minimum absolute atomic E-state index is 0.262. The van der Waals surface area contributed by atoms with Crippen LogP contribution in [0.2, 0.25) is 0 Å². The van der Waals surface area contributed by atoms with Crippen molar-refractivity contribution < 1.29 is 9.59 Å². The smallest absolute Gasteiger partial charge is 0.319 e. The molecule has 0 bridgehead atoms. The van der Waals surface area contributed by atoms with Gasteiger partial charge in [0.1, 0.15) is 5.54 Å². The SMILES string of the molecule is CC(C)C[C@]1(c2ccccc2)NC(=O)NC1=O. The Morgan fingerprint density at radius 3 is 2.29 bits per heavy atom. The lowest BCUT2D eigenvalue weighted by Gasteiger charge is -2.28. The van der Waals surface area contributed by atoms with Gasteiger partial charge in [0, 0.05) is 0 Å². The van der Waals surface area contributed by atoms with E-state index in [1.807, 2.05) is 44.2 Å². The molecule has 90 valence electrons. The fourth-order valence-corrected chi connectivity index (χ4v) is 2.29. The van der Waals surface area contributed by atoms with Gasteiger partial charge in [0.2, 0.25) is 0 Å². The molecule has 2 rings (SSSR count). The van der Waals surface area contributed by atoms with Gasteiger partial charge in [-0.2, -0.15) is 0 Å². The van der Waals surface area contributed by atoms with Crippen molar-refractivity contribution in [3.63, 3.8) is 0 Å². The Kier molecular flexibility index (Phi) is 2.88. The van der Waals surface area contributed by atoms with Gasteiger partial charge in [-0.05, 0) is 17.9 Å². The zero-order valence-corrected chi connectivity index (χ0v) is 9.99. The lowest BCUT2D eigenvalue weighted by Crippen LogP contribution is -2.44. The van der Waals surface area contributed by atoms with E-state index in [2.05, 4.69) is 10.6 Å². The van der Waals surface area contributed by atoms with E-state index in [1.54, 1.807) is 0 Å². The van der Waals surface area contributed by atoms with Crippen molar-refractivity contribution in [3.8, 4) is 0 Å². The Bertz CT molecular complexity index is 442. The zero-order chi connectivity index (χ0) is 12.5. The molecule has 1 atom stereocenters. The van der Waals surface area contributed by atoms with Gasteiger partial charge in [0.25, 0.3) is 5.91 Å². The lowest BCUT2D eigenvalue weighted by atomic mass is 9.82. The van der Waals surface area contributed by atoms with Crippen LogP contribution in [0.1, 0.15) is 25.8 Å². The van der Waals surface area contributed by atoms with Gasteiger partial charge in [-0.1, -0.05) is 44.2 Å². The van der Waals surface area contributed by atoms with E-state index >= 15 is 0 Å². The first-order valence-corrected chi connectivity index (χ1v) is 5.74. The highest BCUT2D eigenvalue weighted by atomic mass is 16.2. The Morgan fingerprint density at radius 2 is 1.82 bits per heavy atom. The minimum atomic E-state index is -0.910. The summed E-state index contributed by atoms with van der Waals surface area (Å²) in [4.78, 5) is 23.4. The third-order valence-electron chi connectivity index (χ3n) is 2.92. The van der Waals surface area contributed by atoms with Crippen LogP contribution >= 0.6 is 0 Å². The van der Waals surface area contributed by atoms with Crippen LogP contribution in [-0.4, -0.2) is 11.9 Å². The van der Waals surface area contributed by atoms with Crippen LogP contribution < -0.4 is 10.6 Å². The third-order valence-corrected chi connectivity index (χ3v) is 2.92. The van der Waals surface area contributed by atoms with Crippen LogP contribution in [0.25, 0.3) is 0 Å². The zero-order valence-electron chi connectivity index (χ0n) is 9.99. The standard InChI is InChI=1S/C13H16N2O2/c1-9(2)8-13(10-6-4-3-5-7-10)11(16)14-12(17)15-13/h3-7,9H,8H2,1-2H3,(H2,14,15,16,17)/t13-/m1/s1. The molecule has 1 fully saturated rings. The molecule has 0 aliphatic carbocycles. The number of carbonyl (C=O) groups is 2. The quantitative estimate of drug-likeness (QED) is 0.780. The van der Waals surface area contributed by atoms with Crippen LogP contribution in [0.15, 0.2) is 30.3 Å². The molecule has 1 aromatic carbocycles. The van der Waals surface area contributed by atoms with Gasteiger partial charge < -0.3 is 5.32 Å². The fourth-order valence-electron chi connectivity index (χ4n) is 2.29. The van der Waals surface area contributed by atoms with Gasteiger partial charge in [-0.3, -0.25) is 10.1 Å². The van der Waals surface area contributed by atoms with Crippen molar-refractivity contribution >= 4 is 11.9 Å². The Hall–Kier alpha value is -1.84. The molecule has 4 heteroatoms. The van der Waals surface area contributed by atoms with E-state index in [1.165, 1.54) is 0 Å². The topological polar surface area (TPSA) is 58.2 Å². The van der Waals surface area contributed by atoms with Crippen molar-refractivity contribution in [1.82, 2.24) is 10.6 Å². The number of rotatable bonds is 3. The monoisotopic (exact) mass is 232 g/mol. The molecule has 0 saturated carbocycles. The number of carbonyl (C=O) groups excluding carboxylic acids is 2. The maximum absolute atomic E-state index is 12.0. The molecule has 0 spiro atoms. The molecule has 17 heavy (non-hydrogen) atoms. The highest BCUT2D eigenvalue weighted by Crippen LogP contribution is 2.31. The minimum Gasteiger partial charge on any atom is -0.319 e. The lowest BCUT2D eigenvalue weighted by molar-refractivity contribution is -0.124. The summed E-state index contributed by atoms with van der Waals surface area (Å²) in [7, 11) is 0. The molecule has 0 unspecified atom stereocenters. The molecular weight excluding hydrogens is 216 g/mol. The molecule has 1 aliphatic rings. The molecular formula is C13H16N2O2. The molecule has 2 N–H and O–H groups in total. The van der Waals surface area contributed by atoms with E-state index in [4.69, 9.17) is 0 Å². The second kappa shape index (κ2) is 4.20. The molecule has 4 nitrogen and oxygen atoms in total. The summed E-state index contributed by atoms with van der Waals surface area (Å²) in [6.07, 6.45) is 0.592. The number of hydrogen-bond donors (Lipinski definition) is 2. The molecule has 1 heterocycles. The van der Waals surface area contributed by atoms with Crippen LogP contribution in [0.3, 0.4) is 0 Å². The summed E-state index contributed by atoms with van der Waals surface area (Å²) in [5, 5.41) is 5.09. The second-order valence-electron chi connectivity index (χ2n) is 4.78. The van der Waals surface area contributed by atoms with Crippen molar-refractivity contribution in [2.75, 3.05) is 0 Å².